The van der Waals surface area contributed by atoms with Gasteiger partial charge in [0.1, 0.15) is 5.75 Å². The van der Waals surface area contributed by atoms with Crippen LogP contribution in [0.1, 0.15) is 5.56 Å². The van der Waals surface area contributed by atoms with Crippen molar-refractivity contribution in [1.82, 2.24) is 0 Å². The summed E-state index contributed by atoms with van der Waals surface area (Å²) in [5, 5.41) is 17.5. The number of thiocarbonyl (C=S) groups is 1. The van der Waals surface area contributed by atoms with Crippen LogP contribution in [-0.2, 0) is 27.7 Å². The number of phenolic OH excluding ortho intramolecular Hbond substituents is 1. The van der Waals surface area contributed by atoms with Gasteiger partial charge in [-0.2, -0.15) is 0 Å². The molecule has 0 aliphatic rings. The van der Waals surface area contributed by atoms with Crippen molar-refractivity contribution >= 4 is 46.8 Å². The molecule has 0 bridgehead atoms. The third-order valence-corrected chi connectivity index (χ3v) is 1.35. The van der Waals surface area contributed by atoms with Crippen LogP contribution in [-0.4, -0.2) is 44.8 Å². The predicted octanol–water partition coefficient (Wildman–Crippen LogP) is 0.975. The van der Waals surface area contributed by atoms with Crippen LogP contribution in [0.15, 0.2) is 24.3 Å². The first kappa shape index (κ1) is 15.3. The van der Waals surface area contributed by atoms with E-state index < -0.39 is 0 Å². The van der Waals surface area contributed by atoms with Gasteiger partial charge in [-0.25, -0.2) is 0 Å². The Bertz CT molecular complexity index is 267. The fourth-order valence-corrected chi connectivity index (χ4v) is 0.827. The first-order valence-electron chi connectivity index (χ1n) is 2.73. The van der Waals surface area contributed by atoms with E-state index >= 15 is 0 Å². The van der Waals surface area contributed by atoms with Gasteiger partial charge in [-0.05, 0) is 24.4 Å². The second-order valence-electron chi connectivity index (χ2n) is 1.82. The average molecular weight is 379 g/mol. The Morgan fingerprint density at radius 3 is 2.08 bits per heavy atom. The molecule has 0 fully saturated rings. The van der Waals surface area contributed by atoms with Crippen LogP contribution in [0.2, 0.25) is 0 Å². The standard InChI is InChI=1S/C7H6O2S.Hg.Na.H/c8-6-4-2-1-3-5(6)7(9)10;;;/h1-4,8H,(H,9,10);;;. The number of aromatic hydroxyl groups is 1. The molecule has 0 atom stereocenters. The Labute approximate surface area is 119 Å². The Morgan fingerprint density at radius 1 is 1.25 bits per heavy atom. The van der Waals surface area contributed by atoms with Gasteiger partial charge in [-0.15, -0.1) is 0 Å². The van der Waals surface area contributed by atoms with Crippen LogP contribution >= 0.6 is 12.2 Å². The van der Waals surface area contributed by atoms with E-state index in [1.165, 1.54) is 6.07 Å². The molecule has 12 heavy (non-hydrogen) atoms. The van der Waals surface area contributed by atoms with Gasteiger partial charge >= 0.3 is 29.6 Å². The van der Waals surface area contributed by atoms with E-state index in [0.717, 1.165) is 0 Å². The van der Waals surface area contributed by atoms with E-state index in [1.54, 1.807) is 18.2 Å². The predicted molar refractivity (Wildman–Crippen MR) is 49.6 cm³/mol. The quantitative estimate of drug-likeness (QED) is 0.565. The van der Waals surface area contributed by atoms with Gasteiger partial charge in [-0.3, -0.25) is 0 Å². The molecule has 56 valence electrons. The molecule has 0 aromatic heterocycles. The van der Waals surface area contributed by atoms with Crippen molar-refractivity contribution in [2.24, 2.45) is 0 Å². The van der Waals surface area contributed by atoms with Crippen LogP contribution in [0.4, 0.5) is 0 Å². The zero-order chi connectivity index (χ0) is 7.56. The molecule has 0 aliphatic heterocycles. The number of hydrogen-bond donors (Lipinski definition) is 2. The maximum atomic E-state index is 9.03. The number of para-hydroxylation sites is 1. The SMILES string of the molecule is OC(=S)c1ccccc1O.[Hg].[NaH]. The zero-order valence-electron chi connectivity index (χ0n) is 5.82. The fraction of sp³-hybridized carbons (Fsp3) is 0. The normalized spacial score (nSPS) is 7.67. The Hall–Kier alpha value is 0.845. The second kappa shape index (κ2) is 7.27. The summed E-state index contributed by atoms with van der Waals surface area (Å²) < 4.78 is 0. The molecule has 0 saturated carbocycles. The summed E-state index contributed by atoms with van der Waals surface area (Å²) >= 11 is 4.45. The summed E-state index contributed by atoms with van der Waals surface area (Å²) in [6.45, 7) is 0. The van der Waals surface area contributed by atoms with Crippen LogP contribution in [0.3, 0.4) is 0 Å². The summed E-state index contributed by atoms with van der Waals surface area (Å²) in [5.41, 5.74) is 0.303. The van der Waals surface area contributed by atoms with Gasteiger partial charge in [-0.1, -0.05) is 12.1 Å². The molecule has 0 aliphatic carbocycles. The summed E-state index contributed by atoms with van der Waals surface area (Å²) in [6, 6.07) is 6.38. The summed E-state index contributed by atoms with van der Waals surface area (Å²) in [5.74, 6) is 0.00926. The van der Waals surface area contributed by atoms with Gasteiger partial charge in [0, 0.05) is 27.7 Å². The molecule has 2 N–H and O–H groups in total. The first-order chi connectivity index (χ1) is 4.72. The number of hydrogen-bond acceptors (Lipinski definition) is 2. The van der Waals surface area contributed by atoms with E-state index in [-0.39, 0.29) is 68.0 Å². The number of phenols is 1. The molecule has 0 saturated heterocycles. The van der Waals surface area contributed by atoms with Crippen molar-refractivity contribution in [2.45, 2.75) is 0 Å². The minimum absolute atomic E-state index is 0. The Morgan fingerprint density at radius 2 is 1.75 bits per heavy atom. The Kier molecular flexibility index (Phi) is 9.28. The molecule has 0 spiro atoms. The van der Waals surface area contributed by atoms with Crippen LogP contribution in [0.5, 0.6) is 5.75 Å². The monoisotopic (exact) mass is 380 g/mol. The van der Waals surface area contributed by atoms with Gasteiger partial charge in [0.05, 0.1) is 5.56 Å². The van der Waals surface area contributed by atoms with Crippen molar-refractivity contribution < 1.29 is 37.9 Å². The molecule has 0 unspecified atom stereocenters. The third kappa shape index (κ3) is 4.19. The molecule has 0 heterocycles. The zero-order valence-corrected chi connectivity index (χ0v) is 12.1. The molecule has 0 radical (unpaired) electrons. The van der Waals surface area contributed by atoms with Gasteiger partial charge in [0.25, 0.3) is 0 Å². The molecule has 0 amide bonds. The summed E-state index contributed by atoms with van der Waals surface area (Å²) in [7, 11) is 0. The van der Waals surface area contributed by atoms with E-state index in [4.69, 9.17) is 10.2 Å². The number of aliphatic hydroxyl groups excluding tert-OH is 1. The average Bonchev–Trinajstić information content (AvgIpc) is 1.88. The second-order valence-corrected chi connectivity index (χ2v) is 2.21. The van der Waals surface area contributed by atoms with Crippen molar-refractivity contribution in [3.8, 4) is 5.75 Å². The van der Waals surface area contributed by atoms with Crippen LogP contribution < -0.4 is 0 Å². The van der Waals surface area contributed by atoms with Crippen molar-refractivity contribution in [2.75, 3.05) is 0 Å². The van der Waals surface area contributed by atoms with Crippen molar-refractivity contribution in [3.05, 3.63) is 29.8 Å². The van der Waals surface area contributed by atoms with Crippen molar-refractivity contribution in [3.63, 3.8) is 0 Å². The molecular formula is C7H7HgNaO2S. The van der Waals surface area contributed by atoms with Crippen LogP contribution in [0, 0.1) is 0 Å². The number of aliphatic hydroxyl groups is 1. The third-order valence-electron chi connectivity index (χ3n) is 1.13. The Balaban J connectivity index is 0. The van der Waals surface area contributed by atoms with E-state index in [2.05, 4.69) is 12.2 Å². The van der Waals surface area contributed by atoms with Gasteiger partial charge < -0.3 is 10.2 Å². The van der Waals surface area contributed by atoms with Gasteiger partial charge in [0.2, 0.25) is 0 Å². The molecule has 1 aromatic rings. The molecule has 1 aromatic carbocycles. The molecule has 5 heteroatoms. The summed E-state index contributed by atoms with van der Waals surface area (Å²) in [6.07, 6.45) is 0. The minimum atomic E-state index is -0.280. The maximum absolute atomic E-state index is 9.03. The van der Waals surface area contributed by atoms with Crippen molar-refractivity contribution in [1.29, 1.82) is 0 Å². The number of rotatable bonds is 1. The topological polar surface area (TPSA) is 40.5 Å². The molecule has 1 rings (SSSR count). The van der Waals surface area contributed by atoms with Gasteiger partial charge in [0.15, 0.2) is 5.05 Å². The summed E-state index contributed by atoms with van der Waals surface area (Å²) in [4.78, 5) is 0. The van der Waals surface area contributed by atoms with E-state index in [1.807, 2.05) is 0 Å². The first-order valence-corrected chi connectivity index (χ1v) is 3.14. The number of benzene rings is 1. The molecular weight excluding hydrogens is 372 g/mol. The fourth-order valence-electron chi connectivity index (χ4n) is 0.654. The van der Waals surface area contributed by atoms with Crippen LogP contribution in [0.25, 0.3) is 0 Å². The van der Waals surface area contributed by atoms with E-state index in [0.29, 0.717) is 5.56 Å². The van der Waals surface area contributed by atoms with E-state index in [9.17, 15) is 0 Å². The molecule has 2 nitrogen and oxygen atoms in total.